The molecule has 9 nitrogen and oxygen atoms in total. The molecule has 0 spiro atoms. The van der Waals surface area contributed by atoms with Crippen LogP contribution in [0.1, 0.15) is 10.4 Å². The molecule has 1 amide bonds. The predicted octanol–water partition coefficient (Wildman–Crippen LogP) is 2.76. The fourth-order valence-corrected chi connectivity index (χ4v) is 2.85. The Morgan fingerprint density at radius 3 is 2.61 bits per heavy atom. The van der Waals surface area contributed by atoms with Gasteiger partial charge in [-0.15, -0.1) is 0 Å². The molecule has 31 heavy (non-hydrogen) atoms. The summed E-state index contributed by atoms with van der Waals surface area (Å²) in [6.07, 6.45) is 7.60. The largest absolute Gasteiger partial charge is 0.456 e. The fraction of sp³-hybridized carbons (Fsp3) is 0.0952. The maximum absolute atomic E-state index is 13.5. The van der Waals surface area contributed by atoms with Gasteiger partial charge in [-0.1, -0.05) is 0 Å². The molecule has 0 radical (unpaired) electrons. The number of carbonyl (C=O) groups is 1. The average molecular weight is 420 g/mol. The van der Waals surface area contributed by atoms with Crippen molar-refractivity contribution in [1.29, 1.82) is 0 Å². The minimum absolute atomic E-state index is 0.189. The number of hydrogen-bond acceptors (Lipinski definition) is 6. The second-order valence-electron chi connectivity index (χ2n) is 6.70. The van der Waals surface area contributed by atoms with Crippen LogP contribution in [0.15, 0.2) is 66.1 Å². The first-order valence-corrected chi connectivity index (χ1v) is 9.15. The van der Waals surface area contributed by atoms with Gasteiger partial charge in [-0.25, -0.2) is 9.37 Å². The van der Waals surface area contributed by atoms with Crippen molar-refractivity contribution in [3.8, 4) is 22.8 Å². The number of nitrogens with zero attached hydrogens (tertiary/aromatic N) is 5. The molecule has 0 aliphatic carbocycles. The quantitative estimate of drug-likeness (QED) is 0.532. The lowest BCUT2D eigenvalue weighted by atomic mass is 10.2. The van der Waals surface area contributed by atoms with Gasteiger partial charge < -0.3 is 14.6 Å². The third-order valence-electron chi connectivity index (χ3n) is 4.34. The number of aromatic nitrogens is 5. The number of halogens is 1. The van der Waals surface area contributed by atoms with Gasteiger partial charge in [-0.2, -0.15) is 5.10 Å². The van der Waals surface area contributed by atoms with Crippen molar-refractivity contribution in [2.45, 2.75) is 0 Å². The molecule has 4 heterocycles. The summed E-state index contributed by atoms with van der Waals surface area (Å²) in [5, 5.41) is 6.60. The molecule has 4 rings (SSSR count). The van der Waals surface area contributed by atoms with E-state index < -0.39 is 17.3 Å². The zero-order chi connectivity index (χ0) is 22.0. The Bertz CT molecular complexity index is 1310. The van der Waals surface area contributed by atoms with Crippen LogP contribution in [0.3, 0.4) is 0 Å². The monoisotopic (exact) mass is 420 g/mol. The van der Waals surface area contributed by atoms with E-state index in [-0.39, 0.29) is 11.4 Å². The maximum atomic E-state index is 13.5. The number of aryl methyl sites for hydroxylation is 2. The number of amides is 1. The SMILES string of the molecule is Cn1cc(-c2cc(Oc3ccc(NC(=O)c4cc(F)cn(C)c4=O)nc3)ccn2)cn1. The van der Waals surface area contributed by atoms with Crippen molar-refractivity contribution in [2.24, 2.45) is 14.1 Å². The summed E-state index contributed by atoms with van der Waals surface area (Å²) >= 11 is 0. The van der Waals surface area contributed by atoms with Crippen LogP contribution < -0.4 is 15.6 Å². The van der Waals surface area contributed by atoms with Crippen molar-refractivity contribution in [2.75, 3.05) is 5.32 Å². The molecule has 1 N–H and O–H groups in total. The summed E-state index contributed by atoms with van der Waals surface area (Å²) in [5.41, 5.74) is 0.636. The van der Waals surface area contributed by atoms with Crippen LogP contribution in [0, 0.1) is 5.82 Å². The smallest absolute Gasteiger partial charge is 0.263 e. The second kappa shape index (κ2) is 8.19. The summed E-state index contributed by atoms with van der Waals surface area (Å²) in [6.45, 7) is 0. The highest BCUT2D eigenvalue weighted by Crippen LogP contribution is 2.25. The molecule has 0 aliphatic rings. The number of anilines is 1. The Hall–Kier alpha value is -4.34. The van der Waals surface area contributed by atoms with Crippen molar-refractivity contribution < 1.29 is 13.9 Å². The summed E-state index contributed by atoms with van der Waals surface area (Å²) in [7, 11) is 3.19. The number of carbonyl (C=O) groups excluding carboxylic acids is 1. The van der Waals surface area contributed by atoms with Gasteiger partial charge in [0.15, 0.2) is 0 Å². The maximum Gasteiger partial charge on any atom is 0.263 e. The minimum atomic E-state index is -0.753. The van der Waals surface area contributed by atoms with Gasteiger partial charge >= 0.3 is 0 Å². The molecule has 156 valence electrons. The van der Waals surface area contributed by atoms with Gasteiger partial charge in [0.05, 0.1) is 18.1 Å². The first-order valence-electron chi connectivity index (χ1n) is 9.15. The Kier molecular flexibility index (Phi) is 5.27. The number of rotatable bonds is 5. The van der Waals surface area contributed by atoms with E-state index in [2.05, 4.69) is 20.4 Å². The summed E-state index contributed by atoms with van der Waals surface area (Å²) < 4.78 is 22.0. The Morgan fingerprint density at radius 1 is 1.06 bits per heavy atom. The zero-order valence-electron chi connectivity index (χ0n) is 16.6. The Balaban J connectivity index is 1.47. The van der Waals surface area contributed by atoms with Crippen molar-refractivity contribution in [3.63, 3.8) is 0 Å². The van der Waals surface area contributed by atoms with Crippen LogP contribution in [0.25, 0.3) is 11.3 Å². The van der Waals surface area contributed by atoms with Gasteiger partial charge in [0, 0.05) is 44.3 Å². The number of pyridine rings is 3. The predicted molar refractivity (Wildman–Crippen MR) is 110 cm³/mol. The van der Waals surface area contributed by atoms with E-state index in [1.54, 1.807) is 35.3 Å². The lowest BCUT2D eigenvalue weighted by molar-refractivity contribution is 0.102. The molecule has 0 bridgehead atoms. The van der Waals surface area contributed by atoms with Gasteiger partial charge in [-0.05, 0) is 24.3 Å². The van der Waals surface area contributed by atoms with E-state index in [4.69, 9.17) is 4.74 Å². The molecular formula is C21H17FN6O3. The van der Waals surface area contributed by atoms with Gasteiger partial charge in [0.1, 0.15) is 28.7 Å². The summed E-state index contributed by atoms with van der Waals surface area (Å²) in [5.74, 6) is -0.267. The third kappa shape index (κ3) is 4.47. The molecular weight excluding hydrogens is 403 g/mol. The molecule has 0 aliphatic heterocycles. The molecule has 0 saturated carbocycles. The molecule has 0 unspecified atom stereocenters. The van der Waals surface area contributed by atoms with Crippen molar-refractivity contribution in [3.05, 3.63) is 83.1 Å². The Morgan fingerprint density at radius 2 is 1.90 bits per heavy atom. The zero-order valence-corrected chi connectivity index (χ0v) is 16.6. The van der Waals surface area contributed by atoms with Gasteiger partial charge in [-0.3, -0.25) is 19.3 Å². The molecule has 4 aromatic rings. The molecule has 0 fully saturated rings. The first-order chi connectivity index (χ1) is 14.9. The van der Waals surface area contributed by atoms with Crippen molar-refractivity contribution in [1.82, 2.24) is 24.3 Å². The van der Waals surface area contributed by atoms with Crippen LogP contribution in [0.2, 0.25) is 0 Å². The summed E-state index contributed by atoms with van der Waals surface area (Å²) in [6, 6.07) is 7.48. The molecule has 10 heteroatoms. The second-order valence-corrected chi connectivity index (χ2v) is 6.70. The first kappa shape index (κ1) is 20.0. The third-order valence-corrected chi connectivity index (χ3v) is 4.34. The van der Waals surface area contributed by atoms with E-state index in [1.807, 2.05) is 13.2 Å². The molecule has 0 saturated heterocycles. The lowest BCUT2D eigenvalue weighted by Gasteiger charge is -2.08. The van der Waals surface area contributed by atoms with Crippen LogP contribution >= 0.6 is 0 Å². The molecule has 0 atom stereocenters. The molecule has 4 aromatic heterocycles. The van der Waals surface area contributed by atoms with E-state index in [0.717, 1.165) is 22.4 Å². The van der Waals surface area contributed by atoms with Crippen LogP contribution in [0.5, 0.6) is 11.5 Å². The summed E-state index contributed by atoms with van der Waals surface area (Å²) in [4.78, 5) is 32.8. The normalized spacial score (nSPS) is 10.7. The van der Waals surface area contributed by atoms with Crippen LogP contribution in [-0.2, 0) is 14.1 Å². The topological polar surface area (TPSA) is 104 Å². The van der Waals surface area contributed by atoms with E-state index in [0.29, 0.717) is 17.2 Å². The highest BCUT2D eigenvalue weighted by atomic mass is 19.1. The average Bonchev–Trinajstić information content (AvgIpc) is 3.18. The highest BCUT2D eigenvalue weighted by molar-refractivity contribution is 6.03. The lowest BCUT2D eigenvalue weighted by Crippen LogP contribution is -2.28. The fourth-order valence-electron chi connectivity index (χ4n) is 2.85. The minimum Gasteiger partial charge on any atom is -0.456 e. The van der Waals surface area contributed by atoms with E-state index >= 15 is 0 Å². The van der Waals surface area contributed by atoms with E-state index in [9.17, 15) is 14.0 Å². The highest BCUT2D eigenvalue weighted by Gasteiger charge is 2.14. The number of ether oxygens (including phenoxy) is 1. The number of nitrogens with one attached hydrogen (secondary N) is 1. The standard InChI is InChI=1S/C21H17FN6O3/c1-27-12-14(22)7-17(21(27)30)20(29)26-19-4-3-16(10-24-19)31-15-5-6-23-18(8-15)13-9-25-28(2)11-13/h3-12H,1-2H3,(H,24,26,29). The van der Waals surface area contributed by atoms with Crippen molar-refractivity contribution >= 4 is 11.7 Å². The van der Waals surface area contributed by atoms with Crippen LogP contribution in [-0.4, -0.2) is 30.2 Å². The van der Waals surface area contributed by atoms with Crippen LogP contribution in [0.4, 0.5) is 10.2 Å². The molecule has 0 aromatic carbocycles. The van der Waals surface area contributed by atoms with Gasteiger partial charge in [0.2, 0.25) is 0 Å². The Labute approximate surface area is 175 Å². The van der Waals surface area contributed by atoms with E-state index in [1.165, 1.54) is 19.3 Å². The number of hydrogen-bond donors (Lipinski definition) is 1. The van der Waals surface area contributed by atoms with Gasteiger partial charge in [0.25, 0.3) is 11.5 Å².